The van der Waals surface area contributed by atoms with E-state index in [1.54, 1.807) is 0 Å². The maximum absolute atomic E-state index is 11.0. The summed E-state index contributed by atoms with van der Waals surface area (Å²) in [4.78, 5) is 11.0. The number of hydrogen-bond donors (Lipinski definition) is 0. The van der Waals surface area contributed by atoms with E-state index in [9.17, 15) is 4.79 Å². The molecule has 0 aromatic heterocycles. The van der Waals surface area contributed by atoms with Gasteiger partial charge in [0.2, 0.25) is 0 Å². The summed E-state index contributed by atoms with van der Waals surface area (Å²) in [6.07, 6.45) is 3.76. The first-order valence-corrected chi connectivity index (χ1v) is 5.48. The predicted octanol–water partition coefficient (Wildman–Crippen LogP) is 2.19. The third-order valence-electron chi connectivity index (χ3n) is 1.81. The molecule has 0 radical (unpaired) electrons. The maximum Gasteiger partial charge on any atom is 0.158 e. The molecule has 0 aliphatic heterocycles. The van der Waals surface area contributed by atoms with Crippen molar-refractivity contribution >= 4 is 5.78 Å². The average Bonchev–Trinajstić information content (AvgIpc) is 2.17. The molecule has 0 rings (SSSR count). The van der Waals surface area contributed by atoms with Crippen LogP contribution in [0.1, 0.15) is 39.5 Å². The molecule has 0 heterocycles. The topological polar surface area (TPSA) is 35.5 Å². The lowest BCUT2D eigenvalue weighted by Crippen LogP contribution is -2.12. The van der Waals surface area contributed by atoms with E-state index in [4.69, 9.17) is 9.47 Å². The van der Waals surface area contributed by atoms with E-state index in [0.717, 1.165) is 25.9 Å². The molecule has 3 heteroatoms. The van der Waals surface area contributed by atoms with Crippen molar-refractivity contribution in [2.45, 2.75) is 39.5 Å². The Labute approximate surface area is 86.8 Å². The summed E-state index contributed by atoms with van der Waals surface area (Å²) < 4.78 is 10.4. The van der Waals surface area contributed by atoms with E-state index in [0.29, 0.717) is 19.6 Å². The van der Waals surface area contributed by atoms with E-state index >= 15 is 0 Å². The maximum atomic E-state index is 11.0. The van der Waals surface area contributed by atoms with Crippen molar-refractivity contribution in [3.8, 4) is 0 Å². The molecule has 0 N–H and O–H groups in total. The highest BCUT2D eigenvalue weighted by molar-refractivity contribution is 5.79. The van der Waals surface area contributed by atoms with Gasteiger partial charge in [-0.25, -0.2) is 0 Å². The van der Waals surface area contributed by atoms with E-state index < -0.39 is 0 Å². The van der Waals surface area contributed by atoms with Crippen molar-refractivity contribution in [1.29, 1.82) is 0 Å². The van der Waals surface area contributed by atoms with Crippen LogP contribution in [-0.2, 0) is 14.3 Å². The molecule has 0 saturated carbocycles. The molecular weight excluding hydrogens is 180 g/mol. The lowest BCUT2D eigenvalue weighted by atomic mass is 10.2. The van der Waals surface area contributed by atoms with Gasteiger partial charge in [0.25, 0.3) is 0 Å². The molecule has 0 spiro atoms. The molecule has 0 amide bonds. The van der Waals surface area contributed by atoms with Crippen LogP contribution in [0.2, 0.25) is 0 Å². The molecule has 0 aliphatic carbocycles. The monoisotopic (exact) mass is 202 g/mol. The van der Waals surface area contributed by atoms with Crippen molar-refractivity contribution in [1.82, 2.24) is 0 Å². The molecule has 0 aromatic rings. The lowest BCUT2D eigenvalue weighted by molar-refractivity contribution is -0.124. The third-order valence-corrected chi connectivity index (χ3v) is 1.81. The number of ketones is 1. The van der Waals surface area contributed by atoms with E-state index in [1.807, 2.05) is 6.92 Å². The van der Waals surface area contributed by atoms with Gasteiger partial charge in [0.1, 0.15) is 6.61 Å². The molecule has 0 atom stereocenters. The first-order valence-electron chi connectivity index (χ1n) is 5.48. The second-order valence-corrected chi connectivity index (χ2v) is 3.31. The number of carbonyl (C=O) groups excluding carboxylic acids is 1. The predicted molar refractivity (Wildman–Crippen MR) is 56.5 cm³/mol. The molecule has 14 heavy (non-hydrogen) atoms. The summed E-state index contributed by atoms with van der Waals surface area (Å²) in [5, 5.41) is 0. The second-order valence-electron chi connectivity index (χ2n) is 3.31. The zero-order chi connectivity index (χ0) is 10.6. The first-order chi connectivity index (χ1) is 6.81. The number of rotatable bonds is 10. The highest BCUT2D eigenvalue weighted by atomic mass is 16.5. The fraction of sp³-hybridized carbons (Fsp3) is 0.909. The molecule has 0 bridgehead atoms. The van der Waals surface area contributed by atoms with Crippen LogP contribution in [0.3, 0.4) is 0 Å². The molecule has 0 aromatic carbocycles. The minimum absolute atomic E-state index is 0.182. The molecule has 0 unspecified atom stereocenters. The van der Waals surface area contributed by atoms with Crippen LogP contribution in [0.15, 0.2) is 0 Å². The Morgan fingerprint density at radius 1 is 1.00 bits per heavy atom. The fourth-order valence-corrected chi connectivity index (χ4v) is 1.00. The Bertz CT molecular complexity index is 134. The Balaban J connectivity index is 3.01. The molecule has 3 nitrogen and oxygen atoms in total. The van der Waals surface area contributed by atoms with Gasteiger partial charge >= 0.3 is 0 Å². The smallest absolute Gasteiger partial charge is 0.158 e. The quantitative estimate of drug-likeness (QED) is 0.509. The Morgan fingerprint density at radius 2 is 1.71 bits per heavy atom. The van der Waals surface area contributed by atoms with Gasteiger partial charge in [0.15, 0.2) is 5.78 Å². The van der Waals surface area contributed by atoms with Crippen LogP contribution in [0, 0.1) is 0 Å². The summed E-state index contributed by atoms with van der Waals surface area (Å²) in [7, 11) is 0. The van der Waals surface area contributed by atoms with Crippen molar-refractivity contribution in [3.63, 3.8) is 0 Å². The number of Topliss-reactive ketones (excluding diaryl/α,β-unsaturated/α-hetero) is 1. The molecule has 0 saturated heterocycles. The Hall–Kier alpha value is -0.410. The van der Waals surface area contributed by atoms with Crippen LogP contribution >= 0.6 is 0 Å². The van der Waals surface area contributed by atoms with Gasteiger partial charge in [-0.2, -0.15) is 0 Å². The average molecular weight is 202 g/mol. The van der Waals surface area contributed by atoms with Gasteiger partial charge in [0.05, 0.1) is 13.2 Å². The van der Waals surface area contributed by atoms with E-state index in [-0.39, 0.29) is 12.4 Å². The van der Waals surface area contributed by atoms with Gasteiger partial charge in [0, 0.05) is 13.0 Å². The zero-order valence-corrected chi connectivity index (χ0v) is 9.38. The minimum atomic E-state index is 0.182. The molecule has 0 fully saturated rings. The molecule has 84 valence electrons. The van der Waals surface area contributed by atoms with Crippen LogP contribution in [0.5, 0.6) is 0 Å². The van der Waals surface area contributed by atoms with E-state index in [2.05, 4.69) is 6.92 Å². The van der Waals surface area contributed by atoms with Gasteiger partial charge in [-0.15, -0.1) is 0 Å². The molecule has 0 aliphatic rings. The number of carbonyl (C=O) groups is 1. The summed E-state index contributed by atoms with van der Waals surface area (Å²) in [6.45, 7) is 6.28. The lowest BCUT2D eigenvalue weighted by Gasteiger charge is -2.04. The Morgan fingerprint density at radius 3 is 2.36 bits per heavy atom. The van der Waals surface area contributed by atoms with Crippen molar-refractivity contribution in [2.24, 2.45) is 0 Å². The third kappa shape index (κ3) is 9.68. The summed E-state index contributed by atoms with van der Waals surface area (Å²) in [5.74, 6) is 0.182. The van der Waals surface area contributed by atoms with Crippen LogP contribution in [0.25, 0.3) is 0 Å². The van der Waals surface area contributed by atoms with Gasteiger partial charge in [-0.1, -0.05) is 20.3 Å². The largest absolute Gasteiger partial charge is 0.379 e. The van der Waals surface area contributed by atoms with Crippen molar-refractivity contribution in [2.75, 3.05) is 26.4 Å². The first kappa shape index (κ1) is 13.6. The minimum Gasteiger partial charge on any atom is -0.379 e. The van der Waals surface area contributed by atoms with Crippen LogP contribution in [0.4, 0.5) is 0 Å². The standard InChI is InChI=1S/C11H22O3/c1-3-5-7-13-8-9-14-10-11(12)6-4-2/h3-10H2,1-2H3. The van der Waals surface area contributed by atoms with Gasteiger partial charge in [-0.05, 0) is 12.8 Å². The SMILES string of the molecule is CCCCOCCOCC(=O)CCC. The number of unbranched alkanes of at least 4 members (excludes halogenated alkanes) is 1. The summed E-state index contributed by atoms with van der Waals surface area (Å²) in [6, 6.07) is 0. The second kappa shape index (κ2) is 10.7. The van der Waals surface area contributed by atoms with Crippen molar-refractivity contribution < 1.29 is 14.3 Å². The number of ether oxygens (including phenoxy) is 2. The normalized spacial score (nSPS) is 10.4. The summed E-state index contributed by atoms with van der Waals surface area (Å²) >= 11 is 0. The van der Waals surface area contributed by atoms with Gasteiger partial charge < -0.3 is 9.47 Å². The zero-order valence-electron chi connectivity index (χ0n) is 9.38. The van der Waals surface area contributed by atoms with E-state index in [1.165, 1.54) is 0 Å². The van der Waals surface area contributed by atoms with Crippen molar-refractivity contribution in [3.05, 3.63) is 0 Å². The highest BCUT2D eigenvalue weighted by Crippen LogP contribution is 1.91. The summed E-state index contributed by atoms with van der Waals surface area (Å²) in [5.41, 5.74) is 0. The van der Waals surface area contributed by atoms with Crippen LogP contribution < -0.4 is 0 Å². The molecular formula is C11H22O3. The van der Waals surface area contributed by atoms with Crippen LogP contribution in [-0.4, -0.2) is 32.2 Å². The highest BCUT2D eigenvalue weighted by Gasteiger charge is 1.99. The fourth-order valence-electron chi connectivity index (χ4n) is 1.00. The Kier molecular flexibility index (Phi) is 10.4. The van der Waals surface area contributed by atoms with Gasteiger partial charge in [-0.3, -0.25) is 4.79 Å². The number of hydrogen-bond acceptors (Lipinski definition) is 3.